The van der Waals surface area contributed by atoms with E-state index in [2.05, 4.69) is 4.98 Å². The van der Waals surface area contributed by atoms with E-state index in [4.69, 9.17) is 10.5 Å². The number of carbonyl (C=O) groups excluding carboxylic acids is 2. The third kappa shape index (κ3) is 4.87. The molecular weight excluding hydrogens is 378 g/mol. The number of nitrogens with one attached hydrogen (secondary N) is 1. The van der Waals surface area contributed by atoms with Gasteiger partial charge >= 0.3 is 5.69 Å². The lowest BCUT2D eigenvalue weighted by Gasteiger charge is -2.27. The maximum absolute atomic E-state index is 13.3. The summed E-state index contributed by atoms with van der Waals surface area (Å²) in [5.74, 6) is -1.04. The molecule has 2 rings (SSSR count). The first-order chi connectivity index (χ1) is 13.6. The summed E-state index contributed by atoms with van der Waals surface area (Å²) >= 11 is 0. The number of nitrogen functional groups attached to an aromatic ring is 1. The summed E-state index contributed by atoms with van der Waals surface area (Å²) in [6, 6.07) is -0.0193. The smallest absolute Gasteiger partial charge is 0.330 e. The largest absolute Gasteiger partial charge is 0.383 e. The SMILES string of the molecule is COCCN(C(=O)C1CC(=O)N(C(C)C)C1)c1c(N)n(CC(C)C)c(=O)[nH]c1=O. The normalized spacial score (nSPS) is 16.9. The molecule has 1 fully saturated rings. The fourth-order valence-corrected chi connectivity index (χ4v) is 3.52. The molecule has 162 valence electrons. The van der Waals surface area contributed by atoms with Gasteiger partial charge in [0.25, 0.3) is 5.56 Å². The van der Waals surface area contributed by atoms with E-state index in [-0.39, 0.29) is 61.4 Å². The van der Waals surface area contributed by atoms with Gasteiger partial charge in [0.2, 0.25) is 11.8 Å². The van der Waals surface area contributed by atoms with Crippen LogP contribution in [0.3, 0.4) is 0 Å². The molecule has 1 saturated heterocycles. The maximum Gasteiger partial charge on any atom is 0.330 e. The molecule has 1 aromatic heterocycles. The van der Waals surface area contributed by atoms with Crippen LogP contribution in [0.5, 0.6) is 0 Å². The van der Waals surface area contributed by atoms with Gasteiger partial charge in [-0.2, -0.15) is 0 Å². The average Bonchev–Trinajstić information content (AvgIpc) is 3.02. The second kappa shape index (κ2) is 9.25. The van der Waals surface area contributed by atoms with Gasteiger partial charge in [-0.3, -0.25) is 23.9 Å². The van der Waals surface area contributed by atoms with Gasteiger partial charge in [0.15, 0.2) is 5.69 Å². The fourth-order valence-electron chi connectivity index (χ4n) is 3.52. The number of hydrogen-bond donors (Lipinski definition) is 2. The summed E-state index contributed by atoms with van der Waals surface area (Å²) in [6.45, 7) is 8.42. The van der Waals surface area contributed by atoms with Crippen LogP contribution in [0.15, 0.2) is 9.59 Å². The first-order valence-corrected chi connectivity index (χ1v) is 9.80. The van der Waals surface area contributed by atoms with Gasteiger partial charge in [-0.05, 0) is 19.8 Å². The number of nitrogens with two attached hydrogens (primary N) is 1. The molecule has 2 heterocycles. The van der Waals surface area contributed by atoms with Crippen molar-refractivity contribution in [2.75, 3.05) is 37.4 Å². The number of nitrogens with zero attached hydrogens (tertiary/aromatic N) is 3. The van der Waals surface area contributed by atoms with E-state index in [1.165, 1.54) is 16.6 Å². The van der Waals surface area contributed by atoms with Gasteiger partial charge in [0, 0.05) is 39.2 Å². The van der Waals surface area contributed by atoms with Crippen molar-refractivity contribution in [1.29, 1.82) is 0 Å². The molecule has 0 bridgehead atoms. The Morgan fingerprint density at radius 3 is 2.45 bits per heavy atom. The van der Waals surface area contributed by atoms with Crippen LogP contribution in [0.25, 0.3) is 0 Å². The van der Waals surface area contributed by atoms with Crippen molar-refractivity contribution in [2.45, 2.75) is 46.7 Å². The number of likely N-dealkylation sites (tertiary alicyclic amines) is 1. The number of aromatic nitrogens is 2. The molecule has 1 unspecified atom stereocenters. The molecule has 3 N–H and O–H groups in total. The second-order valence-electron chi connectivity index (χ2n) is 8.02. The lowest BCUT2D eigenvalue weighted by atomic mass is 10.1. The predicted molar refractivity (Wildman–Crippen MR) is 110 cm³/mol. The van der Waals surface area contributed by atoms with Crippen LogP contribution >= 0.6 is 0 Å². The standard InChI is InChI=1S/C19H31N5O5/c1-11(2)9-24-16(20)15(17(26)21-19(24)28)22(6-7-29-5)18(27)13-8-14(25)23(10-13)12(3)4/h11-13H,6-10,20H2,1-5H3,(H,21,26,28). The van der Waals surface area contributed by atoms with E-state index >= 15 is 0 Å². The summed E-state index contributed by atoms with van der Waals surface area (Å²) in [5.41, 5.74) is 4.74. The Morgan fingerprint density at radius 1 is 1.28 bits per heavy atom. The third-order valence-electron chi connectivity index (χ3n) is 4.95. The van der Waals surface area contributed by atoms with Crippen molar-refractivity contribution in [1.82, 2.24) is 14.5 Å². The van der Waals surface area contributed by atoms with Crippen molar-refractivity contribution in [3.8, 4) is 0 Å². The molecule has 1 aliphatic heterocycles. The van der Waals surface area contributed by atoms with Crippen LogP contribution in [0.4, 0.5) is 11.5 Å². The number of rotatable bonds is 8. The van der Waals surface area contributed by atoms with Crippen LogP contribution < -0.4 is 21.9 Å². The minimum Gasteiger partial charge on any atom is -0.383 e. The van der Waals surface area contributed by atoms with E-state index in [0.29, 0.717) is 6.54 Å². The topological polar surface area (TPSA) is 131 Å². The lowest BCUT2D eigenvalue weighted by Crippen LogP contribution is -2.45. The number of H-pyrrole nitrogens is 1. The summed E-state index contributed by atoms with van der Waals surface area (Å²) in [6.07, 6.45) is 0.0734. The highest BCUT2D eigenvalue weighted by atomic mass is 16.5. The van der Waals surface area contributed by atoms with Crippen LogP contribution in [-0.2, 0) is 20.9 Å². The van der Waals surface area contributed by atoms with Crippen molar-refractivity contribution >= 4 is 23.3 Å². The minimum atomic E-state index is -0.734. The molecular formula is C19H31N5O5. The number of carbonyl (C=O) groups is 2. The number of anilines is 2. The van der Waals surface area contributed by atoms with Gasteiger partial charge in [-0.1, -0.05) is 13.8 Å². The number of ether oxygens (including phenoxy) is 1. The van der Waals surface area contributed by atoms with Crippen molar-refractivity contribution < 1.29 is 14.3 Å². The van der Waals surface area contributed by atoms with Crippen molar-refractivity contribution in [3.05, 3.63) is 20.8 Å². The molecule has 0 aromatic carbocycles. The molecule has 1 aliphatic rings. The Kier molecular flexibility index (Phi) is 7.23. The van der Waals surface area contributed by atoms with E-state index in [1.54, 1.807) is 4.90 Å². The lowest BCUT2D eigenvalue weighted by molar-refractivity contribution is -0.129. The Hall–Kier alpha value is -2.62. The predicted octanol–water partition coefficient (Wildman–Crippen LogP) is 0.0111. The second-order valence-corrected chi connectivity index (χ2v) is 8.02. The summed E-state index contributed by atoms with van der Waals surface area (Å²) in [7, 11) is 1.48. The molecule has 1 aromatic rings. The number of amides is 2. The Morgan fingerprint density at radius 2 is 1.93 bits per heavy atom. The number of methoxy groups -OCH3 is 1. The van der Waals surface area contributed by atoms with Crippen LogP contribution in [0.1, 0.15) is 34.1 Å². The molecule has 0 aliphatic carbocycles. The molecule has 1 atom stereocenters. The molecule has 0 radical (unpaired) electrons. The summed E-state index contributed by atoms with van der Waals surface area (Å²) in [5, 5.41) is 0. The van der Waals surface area contributed by atoms with E-state index < -0.39 is 17.2 Å². The number of hydrogen-bond acceptors (Lipinski definition) is 6. The van der Waals surface area contributed by atoms with Crippen LogP contribution in [0.2, 0.25) is 0 Å². The summed E-state index contributed by atoms with van der Waals surface area (Å²) in [4.78, 5) is 55.5. The monoisotopic (exact) mass is 409 g/mol. The quantitative estimate of drug-likeness (QED) is 0.622. The Bertz CT molecular complexity index is 873. The van der Waals surface area contributed by atoms with E-state index in [9.17, 15) is 19.2 Å². The first-order valence-electron chi connectivity index (χ1n) is 9.80. The highest BCUT2D eigenvalue weighted by molar-refractivity contribution is 6.00. The van der Waals surface area contributed by atoms with Gasteiger partial charge in [0.05, 0.1) is 12.5 Å². The van der Waals surface area contributed by atoms with Gasteiger partial charge < -0.3 is 20.3 Å². The Balaban J connectivity index is 2.48. The van der Waals surface area contributed by atoms with Gasteiger partial charge in [-0.15, -0.1) is 0 Å². The third-order valence-corrected chi connectivity index (χ3v) is 4.95. The van der Waals surface area contributed by atoms with E-state index in [0.717, 1.165) is 0 Å². The zero-order valence-electron chi connectivity index (χ0n) is 17.7. The van der Waals surface area contributed by atoms with Crippen molar-refractivity contribution in [2.24, 2.45) is 11.8 Å². The molecule has 0 spiro atoms. The zero-order chi connectivity index (χ0) is 21.9. The van der Waals surface area contributed by atoms with E-state index in [1.807, 2.05) is 27.7 Å². The fraction of sp³-hybridized carbons (Fsp3) is 0.684. The molecule has 0 saturated carbocycles. The zero-order valence-corrected chi connectivity index (χ0v) is 17.7. The average molecular weight is 409 g/mol. The highest BCUT2D eigenvalue weighted by Crippen LogP contribution is 2.26. The minimum absolute atomic E-state index is 0.0193. The number of aromatic amines is 1. The first kappa shape index (κ1) is 22.7. The summed E-state index contributed by atoms with van der Waals surface area (Å²) < 4.78 is 6.35. The van der Waals surface area contributed by atoms with Gasteiger partial charge in [-0.25, -0.2) is 4.79 Å². The molecule has 29 heavy (non-hydrogen) atoms. The maximum atomic E-state index is 13.3. The highest BCUT2D eigenvalue weighted by Gasteiger charge is 2.39. The molecule has 10 heteroatoms. The molecule has 10 nitrogen and oxygen atoms in total. The molecule has 2 amide bonds. The van der Waals surface area contributed by atoms with Gasteiger partial charge in [0.1, 0.15) is 5.82 Å². The Labute approximate surface area is 169 Å². The van der Waals surface area contributed by atoms with Crippen LogP contribution in [0, 0.1) is 11.8 Å². The van der Waals surface area contributed by atoms with Crippen molar-refractivity contribution in [3.63, 3.8) is 0 Å². The van der Waals surface area contributed by atoms with Crippen LogP contribution in [-0.4, -0.2) is 59.1 Å².